The maximum atomic E-state index is 4.26. The van der Waals surface area contributed by atoms with Gasteiger partial charge < -0.3 is 0 Å². The molecule has 0 atom stereocenters. The molecule has 0 aromatic carbocycles. The quantitative estimate of drug-likeness (QED) is 0.406. The summed E-state index contributed by atoms with van der Waals surface area (Å²) in [6.07, 6.45) is 5.84. The summed E-state index contributed by atoms with van der Waals surface area (Å²) in [5.41, 5.74) is 1.16. The molecule has 0 aliphatic heterocycles. The fourth-order valence-corrected chi connectivity index (χ4v) is 1.94. The molecule has 0 saturated carbocycles. The van der Waals surface area contributed by atoms with Crippen LogP contribution in [0.3, 0.4) is 0 Å². The van der Waals surface area contributed by atoms with Gasteiger partial charge in [-0.1, -0.05) is 4.43 Å². The average Bonchev–Trinajstić information content (AvgIpc) is 2.32. The van der Waals surface area contributed by atoms with Gasteiger partial charge >= 0.3 is 0 Å². The summed E-state index contributed by atoms with van der Waals surface area (Å²) in [6, 6.07) is 0. The Morgan fingerprint density at radius 1 is 1.27 bits per heavy atom. The van der Waals surface area contributed by atoms with Crippen LogP contribution in [-0.2, 0) is 0 Å². The van der Waals surface area contributed by atoms with Gasteiger partial charge in [0.25, 0.3) is 32.6 Å². The third-order valence-corrected chi connectivity index (χ3v) is 3.01. The van der Waals surface area contributed by atoms with Crippen molar-refractivity contribution < 1.29 is 0 Å². The Bertz CT molecular complexity index is 396. The number of rotatable bonds is 0. The van der Waals surface area contributed by atoms with Crippen LogP contribution in [0.5, 0.6) is 0 Å². The molecule has 0 fully saturated rings. The highest BCUT2D eigenvalue weighted by molar-refractivity contribution is 6.36. The van der Waals surface area contributed by atoms with Crippen LogP contribution < -0.4 is 8.98 Å². The first-order chi connectivity index (χ1) is 5.27. The molecule has 0 bridgehead atoms. The summed E-state index contributed by atoms with van der Waals surface area (Å²) < 4.78 is 4.37. The summed E-state index contributed by atoms with van der Waals surface area (Å²) in [6.45, 7) is 0. The summed E-state index contributed by atoms with van der Waals surface area (Å²) in [4.78, 5) is 4.26. The van der Waals surface area contributed by atoms with Crippen molar-refractivity contribution in [3.63, 3.8) is 0 Å². The molecule has 2 heterocycles. The van der Waals surface area contributed by atoms with Gasteiger partial charge in [0.15, 0.2) is 0 Å². The topological polar surface area (TPSA) is 30.2 Å². The van der Waals surface area contributed by atoms with E-state index in [-0.39, 0.29) is 0 Å². The minimum absolute atomic E-state index is 0.992. The van der Waals surface area contributed by atoms with Crippen molar-refractivity contribution in [3.8, 4) is 0 Å². The van der Waals surface area contributed by atoms with E-state index in [4.69, 9.17) is 0 Å². The smallest absolute Gasteiger partial charge is 0.277 e. The van der Waals surface area contributed by atoms with Gasteiger partial charge in [-0.2, -0.15) is 5.10 Å². The molecule has 0 amide bonds. The Hall–Kier alpha value is -0.315. The molecule has 3 nitrogen and oxygen atoms in total. The van der Waals surface area contributed by atoms with E-state index < -0.39 is 0 Å². The van der Waals surface area contributed by atoms with Crippen LogP contribution in [-0.4, -0.2) is 47.2 Å². The van der Waals surface area contributed by atoms with E-state index >= 15 is 0 Å². The summed E-state index contributed by atoms with van der Waals surface area (Å²) in [5, 5.41) is 4.21. The van der Waals surface area contributed by atoms with Gasteiger partial charge in [0.05, 0.1) is 5.52 Å². The van der Waals surface area contributed by atoms with Crippen molar-refractivity contribution in [2.24, 2.45) is 0 Å². The zero-order valence-electron chi connectivity index (χ0n) is 6.57. The third-order valence-electron chi connectivity index (χ3n) is 1.73. The molecule has 0 aliphatic carbocycles. The highest BCUT2D eigenvalue weighted by Crippen LogP contribution is 1.90. The van der Waals surface area contributed by atoms with Gasteiger partial charge in [0.1, 0.15) is 0 Å². The number of nitrogens with zero attached hydrogens (tertiary/aromatic N) is 3. The Kier molecular flexibility index (Phi) is 1.75. The van der Waals surface area contributed by atoms with E-state index in [9.17, 15) is 0 Å². The van der Waals surface area contributed by atoms with Crippen LogP contribution in [0.1, 0.15) is 0 Å². The Morgan fingerprint density at radius 2 is 2.09 bits per heavy atom. The molecule has 2 aromatic heterocycles. The van der Waals surface area contributed by atoms with Crippen LogP contribution in [0.25, 0.3) is 5.52 Å². The van der Waals surface area contributed by atoms with Gasteiger partial charge in [-0.3, -0.25) is 4.98 Å². The molecule has 2 aromatic rings. The zero-order valence-corrected chi connectivity index (χ0v) is 10.6. The van der Waals surface area contributed by atoms with Crippen molar-refractivity contribution in [2.45, 2.75) is 0 Å². The molecule has 11 heavy (non-hydrogen) atoms. The second kappa shape index (κ2) is 2.62. The van der Waals surface area contributed by atoms with Gasteiger partial charge in [0, 0.05) is 18.6 Å². The van der Waals surface area contributed by atoms with E-state index in [1.807, 2.05) is 23.1 Å². The van der Waals surface area contributed by atoms with E-state index in [1.165, 1.54) is 4.43 Å². The highest BCUT2D eigenvalue weighted by atomic mass is 27.1. The van der Waals surface area contributed by atoms with Crippen LogP contribution >= 0.6 is 0 Å². The summed E-state index contributed by atoms with van der Waals surface area (Å²) in [7, 11) is 0. The summed E-state index contributed by atoms with van der Waals surface area (Å²) >= 11 is 2.04. The maximum Gasteiger partial charge on any atom is 0.292 e. The lowest BCUT2D eigenvalue weighted by atomic mass is 10.5. The molecule has 2 rings (SSSR count). The second-order valence-electron chi connectivity index (χ2n) is 2.69. The lowest BCUT2D eigenvalue weighted by Crippen LogP contribution is -2.12. The lowest BCUT2D eigenvalue weighted by molar-refractivity contribution is 0.955. The van der Waals surface area contributed by atoms with Crippen molar-refractivity contribution in [2.75, 3.05) is 0 Å². The molecule has 52 valence electrons. The Labute approximate surface area is 80.3 Å². The predicted octanol–water partition coefficient (Wildman–Crippen LogP) is -2.75. The Balaban J connectivity index is 2.86. The zero-order chi connectivity index (χ0) is 7.84. The van der Waals surface area contributed by atoms with Crippen molar-refractivity contribution >= 4 is 47.1 Å². The molecule has 0 radical (unpaired) electrons. The first-order valence-corrected chi connectivity index (χ1v) is 5.54. The number of fused-ring (bicyclic) bond motifs is 1. The molecule has 0 unspecified atom stereocenters. The maximum absolute atomic E-state index is 4.26. The molecule has 0 N–H and O–H groups in total. The molecule has 5 heteroatoms. The van der Waals surface area contributed by atoms with Crippen molar-refractivity contribution in [1.82, 2.24) is 14.6 Å². The van der Waals surface area contributed by atoms with Gasteiger partial charge in [-0.25, -0.2) is 4.52 Å². The monoisotopic (exact) mass is 175 g/mol. The van der Waals surface area contributed by atoms with Gasteiger partial charge in [-0.05, 0) is 4.56 Å². The fourth-order valence-electron chi connectivity index (χ4n) is 1.09. The number of hydrogen-bond donors (Lipinski definition) is 0. The minimum atomic E-state index is 0.992. The van der Waals surface area contributed by atoms with Crippen LogP contribution in [0.2, 0.25) is 0 Å². The third kappa shape index (κ3) is 1.22. The van der Waals surface area contributed by atoms with E-state index in [0.717, 1.165) is 42.7 Å². The first kappa shape index (κ1) is 7.34. The summed E-state index contributed by atoms with van der Waals surface area (Å²) in [5.74, 6) is 0. The SMILES string of the molecule is [AlH2][c]1cn2nc[c]([AlH2])c2cn1. The second-order valence-corrected chi connectivity index (χ2v) is 4.79. The molecule has 0 saturated heterocycles. The van der Waals surface area contributed by atoms with E-state index in [2.05, 4.69) is 10.1 Å². The first-order valence-electron chi connectivity index (χ1n) is 3.54. The van der Waals surface area contributed by atoms with Gasteiger partial charge in [-0.15, -0.1) is 0 Å². The number of hydrogen-bond acceptors (Lipinski definition) is 2. The van der Waals surface area contributed by atoms with Crippen LogP contribution in [0.15, 0.2) is 18.6 Å². The predicted molar refractivity (Wildman–Crippen MR) is 49.3 cm³/mol. The molecular weight excluding hydrogens is 168 g/mol. The minimum Gasteiger partial charge on any atom is -0.277 e. The highest BCUT2D eigenvalue weighted by Gasteiger charge is 1.97. The Morgan fingerprint density at radius 3 is 2.91 bits per heavy atom. The van der Waals surface area contributed by atoms with Crippen LogP contribution in [0, 0.1) is 0 Å². The number of aromatic nitrogens is 3. The molecular formula is C6H7Al2N3. The lowest BCUT2D eigenvalue weighted by Gasteiger charge is -1.94. The normalized spacial score (nSPS) is 10.5. The average molecular weight is 175 g/mol. The van der Waals surface area contributed by atoms with Crippen LogP contribution in [0.4, 0.5) is 0 Å². The molecule has 0 aliphatic rings. The van der Waals surface area contributed by atoms with E-state index in [1.54, 1.807) is 0 Å². The fraction of sp³-hybridized carbons (Fsp3) is 0. The van der Waals surface area contributed by atoms with Crippen molar-refractivity contribution in [1.29, 1.82) is 0 Å². The van der Waals surface area contributed by atoms with E-state index in [0.29, 0.717) is 0 Å². The standard InChI is InChI=1S/C6H3N3.2Al.4H/c1-2-8-9-4-3-7-5-6(1)9;;;;;;/h2,4-5H;;;;;;. The molecule has 0 spiro atoms. The van der Waals surface area contributed by atoms with Gasteiger partial charge in [0.2, 0.25) is 0 Å². The largest absolute Gasteiger partial charge is 0.292 e. The van der Waals surface area contributed by atoms with Crippen molar-refractivity contribution in [3.05, 3.63) is 18.6 Å².